The summed E-state index contributed by atoms with van der Waals surface area (Å²) in [5.74, 6) is 1.19. The maximum Gasteiger partial charge on any atom is 0.124 e. The normalized spacial score (nSPS) is 20.8. The van der Waals surface area contributed by atoms with Crippen LogP contribution >= 0.6 is 0 Å². The highest BCUT2D eigenvalue weighted by Crippen LogP contribution is 2.45. The lowest BCUT2D eigenvalue weighted by Crippen LogP contribution is -2.41. The number of furan rings is 1. The fraction of sp³-hybridized carbons (Fsp3) is 0.714. The first-order valence-electron chi connectivity index (χ1n) is 6.57. The Kier molecular flexibility index (Phi) is 3.38. The van der Waals surface area contributed by atoms with E-state index in [1.54, 1.807) is 0 Å². The molecule has 0 spiro atoms. The minimum absolute atomic E-state index is 0.354. The first-order chi connectivity index (χ1) is 7.77. The van der Waals surface area contributed by atoms with Crippen LogP contribution in [0.1, 0.15) is 57.4 Å². The van der Waals surface area contributed by atoms with Gasteiger partial charge in [-0.05, 0) is 42.7 Å². The molecule has 0 aliphatic carbocycles. The highest BCUT2D eigenvalue weighted by Gasteiger charge is 2.39. The molecule has 2 heterocycles. The summed E-state index contributed by atoms with van der Waals surface area (Å²) < 4.78 is 5.72. The van der Waals surface area contributed by atoms with Gasteiger partial charge in [0.15, 0.2) is 0 Å². The highest BCUT2D eigenvalue weighted by atomic mass is 16.3. The van der Waals surface area contributed by atoms with Gasteiger partial charge in [0.25, 0.3) is 0 Å². The first kappa shape index (κ1) is 11.7. The predicted molar refractivity (Wildman–Crippen MR) is 66.5 cm³/mol. The number of hydrogen-bond donors (Lipinski definition) is 1. The molecular formula is C14H23NO. The van der Waals surface area contributed by atoms with Crippen molar-refractivity contribution in [2.24, 2.45) is 5.41 Å². The smallest absolute Gasteiger partial charge is 0.124 e. The number of hydrogen-bond acceptors (Lipinski definition) is 2. The lowest BCUT2D eigenvalue weighted by molar-refractivity contribution is 0.138. The molecule has 0 saturated carbocycles. The van der Waals surface area contributed by atoms with Crippen LogP contribution in [0.3, 0.4) is 0 Å². The molecular weight excluding hydrogens is 198 g/mol. The molecule has 2 nitrogen and oxygen atoms in total. The van der Waals surface area contributed by atoms with Gasteiger partial charge in [0.2, 0.25) is 0 Å². The molecule has 1 aromatic rings. The van der Waals surface area contributed by atoms with Crippen molar-refractivity contribution in [3.63, 3.8) is 0 Å². The summed E-state index contributed by atoms with van der Waals surface area (Å²) in [6, 6.07) is 2.54. The van der Waals surface area contributed by atoms with Crippen molar-refractivity contribution >= 4 is 0 Å². The van der Waals surface area contributed by atoms with E-state index in [0.717, 1.165) is 13.0 Å². The summed E-state index contributed by atoms with van der Waals surface area (Å²) in [6.45, 7) is 7.97. The Labute approximate surface area is 98.4 Å². The summed E-state index contributed by atoms with van der Waals surface area (Å²) in [6.07, 6.45) is 6.57. The Morgan fingerprint density at radius 3 is 2.62 bits per heavy atom. The fourth-order valence-corrected chi connectivity index (χ4v) is 3.11. The number of nitrogens with one attached hydrogen (secondary N) is 1. The summed E-state index contributed by atoms with van der Waals surface area (Å²) >= 11 is 0. The van der Waals surface area contributed by atoms with E-state index < -0.39 is 0 Å². The molecule has 2 rings (SSSR count). The third-order valence-electron chi connectivity index (χ3n) is 4.51. The summed E-state index contributed by atoms with van der Waals surface area (Å²) in [5.41, 5.74) is 1.76. The van der Waals surface area contributed by atoms with Crippen LogP contribution in [0.15, 0.2) is 16.7 Å². The molecule has 1 unspecified atom stereocenters. The van der Waals surface area contributed by atoms with Gasteiger partial charge in [-0.25, -0.2) is 0 Å². The molecule has 1 aromatic heterocycles. The molecule has 1 N–H and O–H groups in total. The second kappa shape index (κ2) is 4.62. The predicted octanol–water partition coefficient (Wildman–Crippen LogP) is 3.68. The molecule has 2 heteroatoms. The van der Waals surface area contributed by atoms with E-state index in [4.69, 9.17) is 4.42 Å². The number of rotatable bonds is 4. The zero-order valence-electron chi connectivity index (χ0n) is 10.7. The van der Waals surface area contributed by atoms with E-state index in [0.29, 0.717) is 11.5 Å². The molecule has 0 radical (unpaired) electrons. The molecule has 1 aliphatic heterocycles. The van der Waals surface area contributed by atoms with Crippen molar-refractivity contribution in [3.8, 4) is 0 Å². The SMILES string of the molecule is CCC(CC)(CC)C1NCCc2ccoc21. The zero-order valence-corrected chi connectivity index (χ0v) is 10.7. The van der Waals surface area contributed by atoms with Crippen molar-refractivity contribution in [2.75, 3.05) is 6.54 Å². The van der Waals surface area contributed by atoms with Gasteiger partial charge < -0.3 is 9.73 Å². The third-order valence-corrected chi connectivity index (χ3v) is 4.51. The molecule has 0 fully saturated rings. The second-order valence-corrected chi connectivity index (χ2v) is 4.87. The van der Waals surface area contributed by atoms with Crippen molar-refractivity contribution in [1.29, 1.82) is 0 Å². The zero-order chi connectivity index (χ0) is 11.6. The average Bonchev–Trinajstić information content (AvgIpc) is 2.81. The van der Waals surface area contributed by atoms with Crippen LogP contribution in [0, 0.1) is 5.41 Å². The Bertz CT molecular complexity index is 330. The molecule has 0 saturated heterocycles. The van der Waals surface area contributed by atoms with E-state index in [1.807, 2.05) is 6.26 Å². The maximum atomic E-state index is 5.72. The topological polar surface area (TPSA) is 25.2 Å². The van der Waals surface area contributed by atoms with Crippen LogP contribution in [0.2, 0.25) is 0 Å². The summed E-state index contributed by atoms with van der Waals surface area (Å²) in [5, 5.41) is 3.66. The monoisotopic (exact) mass is 221 g/mol. The Morgan fingerprint density at radius 1 is 1.31 bits per heavy atom. The molecule has 16 heavy (non-hydrogen) atoms. The fourth-order valence-electron chi connectivity index (χ4n) is 3.11. The molecule has 1 aliphatic rings. The Hall–Kier alpha value is -0.760. The maximum absolute atomic E-state index is 5.72. The van der Waals surface area contributed by atoms with Gasteiger partial charge in [0, 0.05) is 6.54 Å². The van der Waals surface area contributed by atoms with Crippen molar-refractivity contribution < 1.29 is 4.42 Å². The summed E-state index contributed by atoms with van der Waals surface area (Å²) in [7, 11) is 0. The van der Waals surface area contributed by atoms with Gasteiger partial charge in [-0.1, -0.05) is 20.8 Å². The van der Waals surface area contributed by atoms with Crippen LogP contribution in [0.4, 0.5) is 0 Å². The third kappa shape index (κ3) is 1.69. The van der Waals surface area contributed by atoms with E-state index in [1.165, 1.54) is 30.6 Å². The molecule has 90 valence electrons. The minimum atomic E-state index is 0.354. The van der Waals surface area contributed by atoms with Crippen LogP contribution in [-0.4, -0.2) is 6.54 Å². The van der Waals surface area contributed by atoms with E-state index in [9.17, 15) is 0 Å². The molecule has 0 aromatic carbocycles. The van der Waals surface area contributed by atoms with Gasteiger partial charge >= 0.3 is 0 Å². The van der Waals surface area contributed by atoms with Gasteiger partial charge in [0.05, 0.1) is 12.3 Å². The van der Waals surface area contributed by atoms with E-state index in [-0.39, 0.29) is 0 Å². The highest BCUT2D eigenvalue weighted by molar-refractivity contribution is 5.25. The molecule has 1 atom stereocenters. The van der Waals surface area contributed by atoms with Gasteiger partial charge in [-0.2, -0.15) is 0 Å². The van der Waals surface area contributed by atoms with Gasteiger partial charge in [0.1, 0.15) is 5.76 Å². The average molecular weight is 221 g/mol. The minimum Gasteiger partial charge on any atom is -0.467 e. The quantitative estimate of drug-likeness (QED) is 0.839. The Balaban J connectivity index is 2.35. The van der Waals surface area contributed by atoms with Gasteiger partial charge in [-0.15, -0.1) is 0 Å². The van der Waals surface area contributed by atoms with Crippen LogP contribution in [0.25, 0.3) is 0 Å². The lowest BCUT2D eigenvalue weighted by Gasteiger charge is -2.40. The van der Waals surface area contributed by atoms with Crippen LogP contribution in [-0.2, 0) is 6.42 Å². The van der Waals surface area contributed by atoms with Crippen LogP contribution in [0.5, 0.6) is 0 Å². The van der Waals surface area contributed by atoms with E-state index in [2.05, 4.69) is 32.2 Å². The van der Waals surface area contributed by atoms with Crippen LogP contribution < -0.4 is 5.32 Å². The van der Waals surface area contributed by atoms with Crippen molar-refractivity contribution in [1.82, 2.24) is 5.32 Å². The van der Waals surface area contributed by atoms with Gasteiger partial charge in [-0.3, -0.25) is 0 Å². The first-order valence-corrected chi connectivity index (χ1v) is 6.57. The molecule has 0 bridgehead atoms. The second-order valence-electron chi connectivity index (χ2n) is 4.87. The standard InChI is InChI=1S/C14H23NO/c1-4-14(5-2,6-3)13-12-11(7-9-15-13)8-10-16-12/h8,10,13,15H,4-7,9H2,1-3H3. The Morgan fingerprint density at radius 2 is 2.00 bits per heavy atom. The summed E-state index contributed by atoms with van der Waals surface area (Å²) in [4.78, 5) is 0. The van der Waals surface area contributed by atoms with Crippen molar-refractivity contribution in [2.45, 2.75) is 52.5 Å². The number of fused-ring (bicyclic) bond motifs is 1. The van der Waals surface area contributed by atoms with Crippen molar-refractivity contribution in [3.05, 3.63) is 23.7 Å². The largest absolute Gasteiger partial charge is 0.467 e. The lowest BCUT2D eigenvalue weighted by atomic mass is 9.71. The molecule has 0 amide bonds. The van der Waals surface area contributed by atoms with E-state index >= 15 is 0 Å².